The second kappa shape index (κ2) is 6.88. The van der Waals surface area contributed by atoms with Crippen LogP contribution in [0, 0.1) is 16.0 Å². The first-order chi connectivity index (χ1) is 10.5. The Hall–Kier alpha value is -2.64. The van der Waals surface area contributed by atoms with Crippen molar-refractivity contribution < 1.29 is 24.4 Å². The quantitative estimate of drug-likeness (QED) is 0.648. The summed E-state index contributed by atoms with van der Waals surface area (Å²) in [4.78, 5) is 34.7. The molecule has 0 saturated carbocycles. The molecule has 118 valence electrons. The molecule has 1 fully saturated rings. The highest BCUT2D eigenvalue weighted by atomic mass is 16.6. The SMILES string of the molecule is O=C(O)C1CCCN(C(=O)COc2ccccc2[N+](=O)[O-])C1. The van der Waals surface area contributed by atoms with Crippen molar-refractivity contribution in [1.29, 1.82) is 0 Å². The van der Waals surface area contributed by atoms with Crippen LogP contribution in [0.25, 0.3) is 0 Å². The van der Waals surface area contributed by atoms with Crippen LogP contribution >= 0.6 is 0 Å². The lowest BCUT2D eigenvalue weighted by Gasteiger charge is -2.30. The summed E-state index contributed by atoms with van der Waals surface area (Å²) in [6.45, 7) is 0.272. The third-order valence-corrected chi connectivity index (χ3v) is 3.54. The number of rotatable bonds is 5. The molecule has 1 heterocycles. The Kier molecular flexibility index (Phi) is 4.92. The maximum Gasteiger partial charge on any atom is 0.310 e. The molecule has 22 heavy (non-hydrogen) atoms. The number of ether oxygens (including phenoxy) is 1. The third kappa shape index (κ3) is 3.72. The van der Waals surface area contributed by atoms with Crippen molar-refractivity contribution in [2.45, 2.75) is 12.8 Å². The molecular weight excluding hydrogens is 292 g/mol. The van der Waals surface area contributed by atoms with Crippen molar-refractivity contribution in [3.63, 3.8) is 0 Å². The number of hydrogen-bond donors (Lipinski definition) is 1. The van der Waals surface area contributed by atoms with Gasteiger partial charge in [-0.3, -0.25) is 19.7 Å². The minimum atomic E-state index is -0.919. The average molecular weight is 308 g/mol. The fourth-order valence-corrected chi connectivity index (χ4v) is 2.37. The van der Waals surface area contributed by atoms with Crippen LogP contribution in [0.3, 0.4) is 0 Å². The molecule has 1 amide bonds. The number of hydrogen-bond acceptors (Lipinski definition) is 5. The fourth-order valence-electron chi connectivity index (χ4n) is 2.37. The van der Waals surface area contributed by atoms with Crippen LogP contribution < -0.4 is 4.74 Å². The number of carbonyl (C=O) groups excluding carboxylic acids is 1. The lowest BCUT2D eigenvalue weighted by atomic mass is 9.98. The number of carbonyl (C=O) groups is 2. The number of carboxylic acid groups (broad SMARTS) is 1. The number of nitrogens with zero attached hydrogens (tertiary/aromatic N) is 2. The number of carboxylic acids is 1. The van der Waals surface area contributed by atoms with Gasteiger partial charge in [0.25, 0.3) is 5.91 Å². The molecule has 8 nitrogen and oxygen atoms in total. The van der Waals surface area contributed by atoms with E-state index < -0.39 is 16.8 Å². The summed E-state index contributed by atoms with van der Waals surface area (Å²) in [6, 6.07) is 5.80. The van der Waals surface area contributed by atoms with E-state index >= 15 is 0 Å². The summed E-state index contributed by atoms with van der Waals surface area (Å²) < 4.78 is 5.23. The first-order valence-electron chi connectivity index (χ1n) is 6.86. The molecule has 1 N–H and O–H groups in total. The summed E-state index contributed by atoms with van der Waals surface area (Å²) in [7, 11) is 0. The Morgan fingerprint density at radius 1 is 1.41 bits per heavy atom. The zero-order valence-electron chi connectivity index (χ0n) is 11.8. The van der Waals surface area contributed by atoms with E-state index in [-0.39, 0.29) is 30.5 Å². The van der Waals surface area contributed by atoms with Crippen LogP contribution in [0.1, 0.15) is 12.8 Å². The lowest BCUT2D eigenvalue weighted by Crippen LogP contribution is -2.44. The Balaban J connectivity index is 1.95. The molecule has 1 aromatic rings. The van der Waals surface area contributed by atoms with Crippen LogP contribution in [0.5, 0.6) is 5.75 Å². The van der Waals surface area contributed by atoms with E-state index in [0.29, 0.717) is 19.4 Å². The monoisotopic (exact) mass is 308 g/mol. The van der Waals surface area contributed by atoms with Crippen molar-refractivity contribution in [2.75, 3.05) is 19.7 Å². The summed E-state index contributed by atoms with van der Waals surface area (Å²) in [5.74, 6) is -1.84. The molecule has 0 aliphatic carbocycles. The molecule has 0 aromatic heterocycles. The van der Waals surface area contributed by atoms with Gasteiger partial charge in [0, 0.05) is 19.2 Å². The van der Waals surface area contributed by atoms with Crippen LogP contribution in [-0.4, -0.2) is 46.5 Å². The third-order valence-electron chi connectivity index (χ3n) is 3.54. The van der Waals surface area contributed by atoms with Crippen molar-refractivity contribution in [2.24, 2.45) is 5.92 Å². The molecule has 2 rings (SSSR count). The number of aliphatic carboxylic acids is 1. The molecule has 0 spiro atoms. The van der Waals surface area contributed by atoms with Gasteiger partial charge in [0.2, 0.25) is 0 Å². The van der Waals surface area contributed by atoms with Crippen LogP contribution in [-0.2, 0) is 9.59 Å². The second-order valence-corrected chi connectivity index (χ2v) is 5.03. The van der Waals surface area contributed by atoms with E-state index in [1.54, 1.807) is 6.07 Å². The minimum Gasteiger partial charge on any atom is -0.481 e. The number of para-hydroxylation sites is 2. The Labute approximate surface area is 126 Å². The summed E-state index contributed by atoms with van der Waals surface area (Å²) in [5.41, 5.74) is -0.211. The van der Waals surface area contributed by atoms with Crippen molar-refractivity contribution in [1.82, 2.24) is 4.90 Å². The van der Waals surface area contributed by atoms with Crippen molar-refractivity contribution >= 4 is 17.6 Å². The van der Waals surface area contributed by atoms with Gasteiger partial charge in [-0.2, -0.15) is 0 Å². The Morgan fingerprint density at radius 2 is 2.14 bits per heavy atom. The minimum absolute atomic E-state index is 0.0210. The number of nitro benzene ring substituents is 1. The maximum atomic E-state index is 12.1. The van der Waals surface area contributed by atoms with E-state index in [4.69, 9.17) is 9.84 Å². The predicted molar refractivity (Wildman–Crippen MR) is 75.5 cm³/mol. The second-order valence-electron chi connectivity index (χ2n) is 5.03. The van der Waals surface area contributed by atoms with Crippen LogP contribution in [0.2, 0.25) is 0 Å². The lowest BCUT2D eigenvalue weighted by molar-refractivity contribution is -0.385. The summed E-state index contributed by atoms with van der Waals surface area (Å²) in [5, 5.41) is 19.9. The molecule has 1 atom stereocenters. The highest BCUT2D eigenvalue weighted by Crippen LogP contribution is 2.26. The zero-order chi connectivity index (χ0) is 16.1. The molecule has 1 saturated heterocycles. The van der Waals surface area contributed by atoms with Crippen molar-refractivity contribution in [3.05, 3.63) is 34.4 Å². The van der Waals surface area contributed by atoms with Gasteiger partial charge in [-0.1, -0.05) is 12.1 Å². The van der Waals surface area contributed by atoms with Gasteiger partial charge in [-0.15, -0.1) is 0 Å². The Bertz CT molecular complexity index is 588. The van der Waals surface area contributed by atoms with Gasteiger partial charge >= 0.3 is 11.7 Å². The molecule has 0 bridgehead atoms. The van der Waals surface area contributed by atoms with Gasteiger partial charge < -0.3 is 14.7 Å². The number of likely N-dealkylation sites (tertiary alicyclic amines) is 1. The van der Waals surface area contributed by atoms with Gasteiger partial charge in [-0.25, -0.2) is 0 Å². The van der Waals surface area contributed by atoms with E-state index in [2.05, 4.69) is 0 Å². The highest BCUT2D eigenvalue weighted by molar-refractivity contribution is 5.79. The van der Waals surface area contributed by atoms with Crippen molar-refractivity contribution in [3.8, 4) is 5.75 Å². The Morgan fingerprint density at radius 3 is 2.82 bits per heavy atom. The average Bonchev–Trinajstić information content (AvgIpc) is 2.52. The number of piperidine rings is 1. The standard InChI is InChI=1S/C14H16N2O6/c17-13(15-7-3-4-10(8-15)14(18)19)9-22-12-6-2-1-5-11(12)16(20)21/h1-2,5-6,10H,3-4,7-9H2,(H,18,19). The first-order valence-corrected chi connectivity index (χ1v) is 6.86. The zero-order valence-corrected chi connectivity index (χ0v) is 11.8. The fraction of sp³-hybridized carbons (Fsp3) is 0.429. The van der Waals surface area contributed by atoms with Crippen LogP contribution in [0.15, 0.2) is 24.3 Å². The topological polar surface area (TPSA) is 110 Å². The van der Waals surface area contributed by atoms with E-state index in [1.807, 2.05) is 0 Å². The summed E-state index contributed by atoms with van der Waals surface area (Å²) >= 11 is 0. The van der Waals surface area contributed by atoms with Gasteiger partial charge in [0.15, 0.2) is 12.4 Å². The van der Waals surface area contributed by atoms with E-state index in [1.165, 1.54) is 23.1 Å². The highest BCUT2D eigenvalue weighted by Gasteiger charge is 2.28. The summed E-state index contributed by atoms with van der Waals surface area (Å²) in [6.07, 6.45) is 1.16. The predicted octanol–water partition coefficient (Wildman–Crippen LogP) is 1.30. The van der Waals surface area contributed by atoms with Gasteiger partial charge in [0.1, 0.15) is 0 Å². The molecule has 1 aliphatic heterocycles. The number of nitro groups is 1. The number of amides is 1. The molecule has 8 heteroatoms. The normalized spacial score (nSPS) is 17.8. The first kappa shape index (κ1) is 15.7. The largest absolute Gasteiger partial charge is 0.481 e. The molecule has 1 aromatic carbocycles. The smallest absolute Gasteiger partial charge is 0.310 e. The van der Waals surface area contributed by atoms with Crippen LogP contribution in [0.4, 0.5) is 5.69 Å². The van der Waals surface area contributed by atoms with E-state index in [0.717, 1.165) is 0 Å². The molecular formula is C14H16N2O6. The maximum absolute atomic E-state index is 12.1. The number of benzene rings is 1. The molecule has 1 aliphatic rings. The van der Waals surface area contributed by atoms with Gasteiger partial charge in [-0.05, 0) is 18.9 Å². The molecule has 0 radical (unpaired) electrons. The van der Waals surface area contributed by atoms with E-state index in [9.17, 15) is 19.7 Å². The molecule has 1 unspecified atom stereocenters. The van der Waals surface area contributed by atoms with Gasteiger partial charge in [0.05, 0.1) is 10.8 Å².